The predicted octanol–water partition coefficient (Wildman–Crippen LogP) is 3.02. The molecule has 120 valence electrons. The monoisotopic (exact) mass is 318 g/mol. The van der Waals surface area contributed by atoms with E-state index in [0.717, 1.165) is 46.9 Å². The van der Waals surface area contributed by atoms with Crippen LogP contribution in [0.5, 0.6) is 0 Å². The van der Waals surface area contributed by atoms with Crippen molar-refractivity contribution >= 4 is 17.3 Å². The third-order valence-corrected chi connectivity index (χ3v) is 4.44. The molecule has 2 aliphatic heterocycles. The van der Waals surface area contributed by atoms with E-state index in [1.165, 1.54) is 0 Å². The molecule has 2 aliphatic rings. The lowest BCUT2D eigenvalue weighted by molar-refractivity contribution is 0.101. The van der Waals surface area contributed by atoms with Crippen molar-refractivity contribution in [2.75, 3.05) is 6.54 Å². The molecule has 2 aromatic rings. The molecular weight excluding hydrogens is 300 g/mol. The van der Waals surface area contributed by atoms with E-state index in [-0.39, 0.29) is 5.78 Å². The Morgan fingerprint density at radius 1 is 1.29 bits per heavy atom. The van der Waals surface area contributed by atoms with Crippen LogP contribution in [-0.2, 0) is 6.42 Å². The molecule has 0 fully saturated rings. The summed E-state index contributed by atoms with van der Waals surface area (Å²) in [7, 11) is 0. The minimum absolute atomic E-state index is 0.115. The molecule has 3 heterocycles. The highest BCUT2D eigenvalue weighted by atomic mass is 16.1. The zero-order chi connectivity index (χ0) is 16.7. The third kappa shape index (κ3) is 2.38. The van der Waals surface area contributed by atoms with E-state index in [1.54, 1.807) is 13.3 Å². The van der Waals surface area contributed by atoms with Crippen molar-refractivity contribution in [1.82, 2.24) is 14.5 Å². The Morgan fingerprint density at radius 3 is 2.92 bits per heavy atom. The van der Waals surface area contributed by atoms with Gasteiger partial charge in [-0.15, -0.1) is 0 Å². The van der Waals surface area contributed by atoms with Crippen molar-refractivity contribution in [2.45, 2.75) is 20.3 Å². The SMILES string of the molecule is CC(=O)c1cccc2c1CCN1C=CN=C(n3cnc(C)c3)C=C21. The number of aryl methyl sites for hydroxylation is 1. The van der Waals surface area contributed by atoms with E-state index < -0.39 is 0 Å². The molecule has 1 aromatic heterocycles. The number of carbonyl (C=O) groups is 1. The fraction of sp³-hybridized carbons (Fsp3) is 0.211. The van der Waals surface area contributed by atoms with Gasteiger partial charge < -0.3 is 4.90 Å². The number of allylic oxidation sites excluding steroid dienone is 1. The minimum Gasteiger partial charge on any atom is -0.346 e. The van der Waals surface area contributed by atoms with Crippen LogP contribution in [0, 0.1) is 6.92 Å². The van der Waals surface area contributed by atoms with Crippen LogP contribution in [0.15, 0.2) is 54.2 Å². The lowest BCUT2D eigenvalue weighted by Gasteiger charge is -2.31. The van der Waals surface area contributed by atoms with Crippen LogP contribution >= 0.6 is 0 Å². The smallest absolute Gasteiger partial charge is 0.160 e. The van der Waals surface area contributed by atoms with Gasteiger partial charge in [0.15, 0.2) is 5.78 Å². The Balaban J connectivity index is 1.86. The van der Waals surface area contributed by atoms with Crippen LogP contribution in [-0.4, -0.2) is 32.6 Å². The average molecular weight is 318 g/mol. The second-order valence-electron chi connectivity index (χ2n) is 6.07. The summed E-state index contributed by atoms with van der Waals surface area (Å²) in [5, 5.41) is 0. The Bertz CT molecular complexity index is 917. The number of Topliss-reactive ketones (excluding diaryl/α,β-unsaturated/α-hetero) is 1. The number of ketones is 1. The summed E-state index contributed by atoms with van der Waals surface area (Å²) in [6, 6.07) is 5.94. The highest BCUT2D eigenvalue weighted by molar-refractivity contribution is 6.03. The van der Waals surface area contributed by atoms with Crippen LogP contribution < -0.4 is 0 Å². The van der Waals surface area contributed by atoms with Gasteiger partial charge in [0.25, 0.3) is 0 Å². The van der Waals surface area contributed by atoms with Crippen molar-refractivity contribution < 1.29 is 4.79 Å². The van der Waals surface area contributed by atoms with E-state index in [0.29, 0.717) is 0 Å². The molecule has 0 unspecified atom stereocenters. The van der Waals surface area contributed by atoms with Gasteiger partial charge in [0, 0.05) is 42.3 Å². The fourth-order valence-corrected chi connectivity index (χ4v) is 3.29. The van der Waals surface area contributed by atoms with E-state index in [9.17, 15) is 4.79 Å². The molecule has 0 spiro atoms. The van der Waals surface area contributed by atoms with E-state index in [2.05, 4.69) is 27.0 Å². The molecule has 0 N–H and O–H groups in total. The van der Waals surface area contributed by atoms with Gasteiger partial charge >= 0.3 is 0 Å². The molecule has 24 heavy (non-hydrogen) atoms. The number of aliphatic imine (C=N–C) groups is 1. The van der Waals surface area contributed by atoms with Gasteiger partial charge in [-0.1, -0.05) is 18.2 Å². The number of carbonyl (C=O) groups excluding carboxylic acids is 1. The number of fused-ring (bicyclic) bond motifs is 3. The Kier molecular flexibility index (Phi) is 3.41. The van der Waals surface area contributed by atoms with Crippen LogP contribution in [0.3, 0.4) is 0 Å². The molecular formula is C19H18N4O. The van der Waals surface area contributed by atoms with Crippen molar-refractivity contribution in [2.24, 2.45) is 4.99 Å². The summed E-state index contributed by atoms with van der Waals surface area (Å²) in [5.41, 5.74) is 5.06. The lowest BCUT2D eigenvalue weighted by atomic mass is 9.90. The molecule has 0 atom stereocenters. The third-order valence-electron chi connectivity index (χ3n) is 4.44. The first-order valence-electron chi connectivity index (χ1n) is 8.00. The predicted molar refractivity (Wildman–Crippen MR) is 93.8 cm³/mol. The summed E-state index contributed by atoms with van der Waals surface area (Å²) in [4.78, 5) is 23.0. The van der Waals surface area contributed by atoms with E-state index in [4.69, 9.17) is 0 Å². The maximum Gasteiger partial charge on any atom is 0.160 e. The van der Waals surface area contributed by atoms with Crippen LogP contribution in [0.2, 0.25) is 0 Å². The second-order valence-corrected chi connectivity index (χ2v) is 6.07. The van der Waals surface area contributed by atoms with Gasteiger partial charge in [-0.3, -0.25) is 9.36 Å². The first kappa shape index (κ1) is 14.6. The zero-order valence-electron chi connectivity index (χ0n) is 13.7. The molecule has 0 radical (unpaired) electrons. The number of nitrogens with zero attached hydrogens (tertiary/aromatic N) is 4. The summed E-state index contributed by atoms with van der Waals surface area (Å²) in [6.45, 7) is 4.42. The Morgan fingerprint density at radius 2 is 2.17 bits per heavy atom. The van der Waals surface area contributed by atoms with Gasteiger partial charge in [0.05, 0.1) is 11.4 Å². The zero-order valence-corrected chi connectivity index (χ0v) is 13.7. The minimum atomic E-state index is 0.115. The van der Waals surface area contributed by atoms with Crippen LogP contribution in [0.4, 0.5) is 0 Å². The van der Waals surface area contributed by atoms with Crippen molar-refractivity contribution in [1.29, 1.82) is 0 Å². The normalized spacial score (nSPS) is 16.0. The quantitative estimate of drug-likeness (QED) is 0.760. The highest BCUT2D eigenvalue weighted by Crippen LogP contribution is 2.32. The number of rotatable bonds is 1. The molecule has 0 saturated heterocycles. The Labute approximate surface area is 140 Å². The van der Waals surface area contributed by atoms with Crippen molar-refractivity contribution in [3.63, 3.8) is 0 Å². The van der Waals surface area contributed by atoms with Gasteiger partial charge in [0.1, 0.15) is 12.2 Å². The molecule has 0 amide bonds. The number of aromatic nitrogens is 2. The number of benzene rings is 1. The molecule has 0 bridgehead atoms. The summed E-state index contributed by atoms with van der Waals surface area (Å²) < 4.78 is 1.92. The Hall–Kier alpha value is -2.95. The topological polar surface area (TPSA) is 50.5 Å². The summed E-state index contributed by atoms with van der Waals surface area (Å²) in [6.07, 6.45) is 10.4. The maximum absolute atomic E-state index is 12.0. The van der Waals surface area contributed by atoms with E-state index in [1.807, 2.05) is 42.2 Å². The van der Waals surface area contributed by atoms with Gasteiger partial charge in [0.2, 0.25) is 0 Å². The molecule has 0 aliphatic carbocycles. The van der Waals surface area contributed by atoms with E-state index >= 15 is 0 Å². The first-order chi connectivity index (χ1) is 11.6. The standard InChI is InChI=1S/C19H18N4O/c1-13-11-23(12-21-13)19-10-18-17-5-3-4-15(14(2)24)16(17)6-8-22(18)9-7-20-19/h3-5,7,9-12H,6,8H2,1-2H3. The summed E-state index contributed by atoms with van der Waals surface area (Å²) >= 11 is 0. The molecule has 5 heteroatoms. The van der Waals surface area contributed by atoms with Crippen LogP contribution in [0.25, 0.3) is 5.70 Å². The largest absolute Gasteiger partial charge is 0.346 e. The average Bonchev–Trinajstić information content (AvgIpc) is 2.89. The number of hydrogen-bond acceptors (Lipinski definition) is 4. The van der Waals surface area contributed by atoms with Gasteiger partial charge in [-0.25, -0.2) is 9.98 Å². The summed E-state index contributed by atoms with van der Waals surface area (Å²) in [5.74, 6) is 0.926. The first-order valence-corrected chi connectivity index (χ1v) is 8.00. The van der Waals surface area contributed by atoms with Crippen molar-refractivity contribution in [3.8, 4) is 0 Å². The number of hydrogen-bond donors (Lipinski definition) is 0. The lowest BCUT2D eigenvalue weighted by Crippen LogP contribution is -2.26. The molecule has 4 rings (SSSR count). The van der Waals surface area contributed by atoms with Crippen LogP contribution in [0.1, 0.15) is 34.1 Å². The number of imidazole rings is 1. The highest BCUT2D eigenvalue weighted by Gasteiger charge is 2.24. The van der Waals surface area contributed by atoms with Gasteiger partial charge in [-0.05, 0) is 25.8 Å². The second kappa shape index (κ2) is 5.60. The van der Waals surface area contributed by atoms with Crippen molar-refractivity contribution in [3.05, 3.63) is 71.6 Å². The maximum atomic E-state index is 12.0. The molecule has 1 aromatic carbocycles. The fourth-order valence-electron chi connectivity index (χ4n) is 3.29. The van der Waals surface area contributed by atoms with Gasteiger partial charge in [-0.2, -0.15) is 0 Å². The molecule has 0 saturated carbocycles. The molecule has 5 nitrogen and oxygen atoms in total.